The molecule has 46 valence electrons. The highest BCUT2D eigenvalue weighted by molar-refractivity contribution is 8.03. The van der Waals surface area contributed by atoms with E-state index in [4.69, 9.17) is 11.0 Å². The molecule has 6 N–H and O–H groups in total. The van der Waals surface area contributed by atoms with Crippen molar-refractivity contribution in [3.05, 3.63) is 0 Å². The maximum atomic E-state index is 7.85. The fourth-order valence-electron chi connectivity index (χ4n) is 0.0731. The van der Waals surface area contributed by atoms with E-state index in [1.165, 1.54) is 0 Å². The highest BCUT2D eigenvalue weighted by Crippen LogP contribution is 1.82. The van der Waals surface area contributed by atoms with Gasteiger partial charge in [-0.1, -0.05) is 0 Å². The Bertz CT molecular complexity index is 105. The summed E-state index contributed by atoms with van der Waals surface area (Å²) in [6.07, 6.45) is 0. The predicted molar refractivity (Wildman–Crippen MR) is 38.1 cm³/mol. The van der Waals surface area contributed by atoms with Gasteiger partial charge in [-0.25, -0.2) is 0 Å². The second-order valence-electron chi connectivity index (χ2n) is 0.660. The summed E-state index contributed by atoms with van der Waals surface area (Å²) in [5.74, 6) is 0. The van der Waals surface area contributed by atoms with E-state index >= 15 is 0 Å². The molecule has 6 heteroatoms. The molecule has 0 rings (SSSR count). The monoisotopic (exact) mass is 150 g/mol. The van der Waals surface area contributed by atoms with E-state index in [9.17, 15) is 0 Å². The second-order valence-corrected chi connectivity index (χ2v) is 1.69. The lowest BCUT2D eigenvalue weighted by atomic mass is 11.3. The normalized spacial score (nSPS) is 5.88. The highest BCUT2D eigenvalue weighted by atomic mass is 32.2. The summed E-state index contributed by atoms with van der Waals surface area (Å²) in [6, 6.07) is 0. The first-order valence-electron chi connectivity index (χ1n) is 1.37. The largest absolute Gasteiger partial charge is 0.376 e. The van der Waals surface area contributed by atoms with Crippen LogP contribution in [0, 0.1) is 10.7 Å². The van der Waals surface area contributed by atoms with Crippen molar-refractivity contribution in [2.24, 2.45) is 5.73 Å². The molecule has 0 bridgehead atoms. The number of nitrogens with one attached hydrogen (secondary N) is 1. The Labute approximate surface area is 57.1 Å². The Balaban J connectivity index is 0. The second kappa shape index (κ2) is 6.49. The number of rotatable bonds is 1. The molecule has 0 amide bonds. The van der Waals surface area contributed by atoms with Crippen LogP contribution >= 0.6 is 24.2 Å². The van der Waals surface area contributed by atoms with Gasteiger partial charge in [0.2, 0.25) is 0 Å². The summed E-state index contributed by atoms with van der Waals surface area (Å²) in [4.78, 5) is 0. The fraction of sp³-hybridized carbons (Fsp3) is 0. The highest BCUT2D eigenvalue weighted by Gasteiger charge is 1.80. The van der Waals surface area contributed by atoms with Crippen molar-refractivity contribution in [2.45, 2.75) is 0 Å². The predicted octanol–water partition coefficient (Wildman–Crippen LogP) is 0.111. The lowest BCUT2D eigenvalue weighted by molar-refractivity contribution is 1.50. The molecular formula is C2H6N4S2. The average Bonchev–Trinajstić information content (AvgIpc) is 1.61. The zero-order chi connectivity index (χ0) is 5.70. The molecule has 0 unspecified atom stereocenters. The van der Waals surface area contributed by atoms with E-state index in [0.29, 0.717) is 0 Å². The summed E-state index contributed by atoms with van der Waals surface area (Å²) in [5, 5.41) is 9.72. The number of nitriles is 1. The van der Waals surface area contributed by atoms with Gasteiger partial charge >= 0.3 is 0 Å². The molecule has 0 radical (unpaired) electrons. The van der Waals surface area contributed by atoms with E-state index in [0.717, 1.165) is 11.9 Å². The third-order valence-electron chi connectivity index (χ3n) is 0.197. The number of thiocarbonyl (C=S) groups is 1. The Morgan fingerprint density at radius 2 is 2.38 bits per heavy atom. The maximum absolute atomic E-state index is 7.85. The Hall–Kier alpha value is -0.510. The van der Waals surface area contributed by atoms with Gasteiger partial charge in [0.15, 0.2) is 10.5 Å². The van der Waals surface area contributed by atoms with Crippen molar-refractivity contribution in [1.29, 1.82) is 5.26 Å². The molecule has 4 nitrogen and oxygen atoms in total. The molecule has 0 aliphatic carbocycles. The standard InChI is InChI=1S/C2H3N3S2.H3N/c3-1-7-5-2(4)6;/h(H3,4,5,6);1H3. The summed E-state index contributed by atoms with van der Waals surface area (Å²) in [7, 11) is 0. The first-order valence-corrected chi connectivity index (χ1v) is 2.60. The quantitative estimate of drug-likeness (QED) is 0.279. The van der Waals surface area contributed by atoms with Gasteiger partial charge in [-0.3, -0.25) is 4.72 Å². The van der Waals surface area contributed by atoms with E-state index < -0.39 is 0 Å². The smallest absolute Gasteiger partial charge is 0.174 e. The van der Waals surface area contributed by atoms with Crippen LogP contribution in [0.4, 0.5) is 0 Å². The molecule has 8 heavy (non-hydrogen) atoms. The van der Waals surface area contributed by atoms with Crippen molar-refractivity contribution in [2.75, 3.05) is 0 Å². The van der Waals surface area contributed by atoms with Gasteiger partial charge in [-0.05, 0) is 12.2 Å². The minimum atomic E-state index is 0. The molecule has 0 aliphatic rings. The van der Waals surface area contributed by atoms with Crippen LogP contribution in [0.1, 0.15) is 0 Å². The van der Waals surface area contributed by atoms with Crippen LogP contribution in [0.25, 0.3) is 0 Å². The minimum Gasteiger partial charge on any atom is -0.376 e. The summed E-state index contributed by atoms with van der Waals surface area (Å²) in [5.41, 5.74) is 4.93. The molecule has 0 saturated heterocycles. The van der Waals surface area contributed by atoms with Crippen LogP contribution in [0.2, 0.25) is 0 Å². The minimum absolute atomic E-state index is 0. The van der Waals surface area contributed by atoms with Gasteiger partial charge < -0.3 is 11.9 Å². The zero-order valence-corrected chi connectivity index (χ0v) is 5.68. The average molecular weight is 150 g/mol. The van der Waals surface area contributed by atoms with Gasteiger partial charge in [0, 0.05) is 0 Å². The number of nitrogens with two attached hydrogens (primary N) is 1. The van der Waals surface area contributed by atoms with Crippen LogP contribution in [-0.4, -0.2) is 5.11 Å². The van der Waals surface area contributed by atoms with Crippen molar-refractivity contribution >= 4 is 29.3 Å². The molecule has 0 spiro atoms. The van der Waals surface area contributed by atoms with Gasteiger partial charge in [-0.2, -0.15) is 5.26 Å². The summed E-state index contributed by atoms with van der Waals surface area (Å²) in [6.45, 7) is 0. The SMILES string of the molecule is N.N#CSNC(N)=S. The Kier molecular flexibility index (Phi) is 8.49. The molecule has 0 aromatic heterocycles. The number of nitrogens with zero attached hydrogens (tertiary/aromatic N) is 1. The molecule has 0 heterocycles. The molecule has 0 aromatic rings. The Morgan fingerprint density at radius 3 is 2.50 bits per heavy atom. The lowest BCUT2D eigenvalue weighted by Gasteiger charge is -1.89. The Morgan fingerprint density at radius 1 is 1.88 bits per heavy atom. The molecular weight excluding hydrogens is 144 g/mol. The molecule has 0 aliphatic heterocycles. The first-order chi connectivity index (χ1) is 3.27. The van der Waals surface area contributed by atoms with E-state index in [1.54, 1.807) is 5.40 Å². The van der Waals surface area contributed by atoms with E-state index in [-0.39, 0.29) is 11.3 Å². The third-order valence-corrected chi connectivity index (χ3v) is 0.842. The van der Waals surface area contributed by atoms with Crippen molar-refractivity contribution in [3.8, 4) is 5.40 Å². The molecule has 0 atom stereocenters. The first kappa shape index (κ1) is 10.5. The van der Waals surface area contributed by atoms with Crippen LogP contribution in [0.3, 0.4) is 0 Å². The summed E-state index contributed by atoms with van der Waals surface area (Å²) >= 11 is 5.16. The van der Waals surface area contributed by atoms with Crippen LogP contribution in [0.5, 0.6) is 0 Å². The van der Waals surface area contributed by atoms with Crippen LogP contribution in [-0.2, 0) is 0 Å². The molecule has 0 aromatic carbocycles. The van der Waals surface area contributed by atoms with Gasteiger partial charge in [0.1, 0.15) is 0 Å². The summed E-state index contributed by atoms with van der Waals surface area (Å²) < 4.78 is 2.36. The van der Waals surface area contributed by atoms with Crippen molar-refractivity contribution in [3.63, 3.8) is 0 Å². The van der Waals surface area contributed by atoms with E-state index in [1.807, 2.05) is 0 Å². The van der Waals surface area contributed by atoms with Crippen LogP contribution < -0.4 is 16.6 Å². The maximum Gasteiger partial charge on any atom is 0.174 e. The van der Waals surface area contributed by atoms with Gasteiger partial charge in [0.05, 0.1) is 11.9 Å². The van der Waals surface area contributed by atoms with Gasteiger partial charge in [-0.15, -0.1) is 0 Å². The van der Waals surface area contributed by atoms with Crippen molar-refractivity contribution < 1.29 is 0 Å². The van der Waals surface area contributed by atoms with Crippen LogP contribution in [0.15, 0.2) is 0 Å². The van der Waals surface area contributed by atoms with E-state index in [2.05, 4.69) is 16.9 Å². The lowest BCUT2D eigenvalue weighted by Crippen LogP contribution is -2.21. The molecule has 0 saturated carbocycles. The zero-order valence-electron chi connectivity index (χ0n) is 4.05. The topological polar surface area (TPSA) is 96.8 Å². The van der Waals surface area contributed by atoms with Gasteiger partial charge in [0.25, 0.3) is 0 Å². The molecule has 0 fully saturated rings. The number of hydrogen-bond acceptors (Lipinski definition) is 4. The van der Waals surface area contributed by atoms with Crippen molar-refractivity contribution in [1.82, 2.24) is 10.9 Å². The fourth-order valence-corrected chi connectivity index (χ4v) is 0.344. The number of hydrogen-bond donors (Lipinski definition) is 3. The number of thiocyanates is 1. The third kappa shape index (κ3) is 9.09.